The van der Waals surface area contributed by atoms with Crippen molar-refractivity contribution in [3.8, 4) is 0 Å². The van der Waals surface area contributed by atoms with Crippen LogP contribution in [-0.2, 0) is 14.8 Å². The Bertz CT molecular complexity index is 1040. The third kappa shape index (κ3) is 2.37. The molecule has 0 amide bonds. The minimum absolute atomic E-state index is 0.0357. The van der Waals surface area contributed by atoms with E-state index in [0.717, 1.165) is 12.7 Å². The van der Waals surface area contributed by atoms with Crippen LogP contribution >= 0.6 is 0 Å². The van der Waals surface area contributed by atoms with Gasteiger partial charge in [-0.2, -0.15) is 0 Å². The summed E-state index contributed by atoms with van der Waals surface area (Å²) in [5.74, 6) is -1.98. The Morgan fingerprint density at radius 3 is 2.33 bits per heavy atom. The van der Waals surface area contributed by atoms with Gasteiger partial charge in [-0.25, -0.2) is 21.6 Å². The van der Waals surface area contributed by atoms with Gasteiger partial charge in [-0.05, 0) is 31.2 Å². The van der Waals surface area contributed by atoms with Crippen molar-refractivity contribution in [2.45, 2.75) is 11.8 Å². The smallest absolute Gasteiger partial charge is 0.358 e. The Kier molecular flexibility index (Phi) is 3.88. The fourth-order valence-electron chi connectivity index (χ4n) is 2.51. The van der Waals surface area contributed by atoms with Crippen LogP contribution < -0.4 is 0 Å². The van der Waals surface area contributed by atoms with Crippen LogP contribution in [0.1, 0.15) is 16.1 Å². The zero-order valence-corrected chi connectivity index (χ0v) is 13.8. The normalized spacial score (nSPS) is 11.6. The van der Waals surface area contributed by atoms with Crippen LogP contribution in [0.5, 0.6) is 0 Å². The van der Waals surface area contributed by atoms with Crippen LogP contribution in [0.25, 0.3) is 10.9 Å². The molecule has 0 unspecified atom stereocenters. The minimum Gasteiger partial charge on any atom is -0.464 e. The van der Waals surface area contributed by atoms with E-state index in [-0.39, 0.29) is 15.8 Å². The first-order valence-corrected chi connectivity index (χ1v) is 8.51. The lowest BCUT2D eigenvalue weighted by Gasteiger charge is -2.11. The number of fused-ring (bicyclic) bond motifs is 1. The molecule has 0 aliphatic heterocycles. The summed E-state index contributed by atoms with van der Waals surface area (Å²) in [6.45, 7) is 1.82. The quantitative estimate of drug-likeness (QED) is 0.683. The lowest BCUT2D eigenvalue weighted by atomic mass is 10.2. The fourth-order valence-corrected chi connectivity index (χ4v) is 4.01. The molecule has 1 aromatic heterocycles. The van der Waals surface area contributed by atoms with Crippen molar-refractivity contribution in [3.63, 3.8) is 0 Å². The molecule has 3 rings (SSSR count). The Morgan fingerprint density at radius 2 is 1.71 bits per heavy atom. The molecule has 5 nitrogen and oxygen atoms in total. The highest BCUT2D eigenvalue weighted by molar-refractivity contribution is 7.90. The van der Waals surface area contributed by atoms with Crippen molar-refractivity contribution in [1.29, 1.82) is 0 Å². The van der Waals surface area contributed by atoms with Gasteiger partial charge in [0.25, 0.3) is 10.0 Å². The summed E-state index contributed by atoms with van der Waals surface area (Å²) in [5.41, 5.74) is 0.320. The van der Waals surface area contributed by atoms with Gasteiger partial charge < -0.3 is 4.74 Å². The summed E-state index contributed by atoms with van der Waals surface area (Å²) < 4.78 is 45.9. The van der Waals surface area contributed by atoms with E-state index in [9.17, 15) is 17.6 Å². The molecule has 0 spiro atoms. The molecular weight excluding hydrogens is 333 g/mol. The fraction of sp³-hybridized carbons (Fsp3) is 0.118. The van der Waals surface area contributed by atoms with Gasteiger partial charge in [0.2, 0.25) is 0 Å². The SMILES string of the molecule is COC(=O)c1c(F)c2ccccc2n1S(=O)(=O)c1ccc(C)cc1. The minimum atomic E-state index is -4.17. The van der Waals surface area contributed by atoms with Crippen LogP contribution in [0.2, 0.25) is 0 Å². The van der Waals surface area contributed by atoms with Crippen molar-refractivity contribution in [1.82, 2.24) is 3.97 Å². The van der Waals surface area contributed by atoms with Crippen molar-refractivity contribution >= 4 is 26.9 Å². The number of nitrogens with zero attached hydrogens (tertiary/aromatic N) is 1. The van der Waals surface area contributed by atoms with E-state index in [4.69, 9.17) is 0 Å². The van der Waals surface area contributed by atoms with Gasteiger partial charge in [0.15, 0.2) is 11.5 Å². The number of aryl methyl sites for hydroxylation is 1. The van der Waals surface area contributed by atoms with Crippen molar-refractivity contribution < 1.29 is 22.3 Å². The summed E-state index contributed by atoms with van der Waals surface area (Å²) in [6.07, 6.45) is 0. The highest BCUT2D eigenvalue weighted by atomic mass is 32.2. The molecule has 0 saturated carbocycles. The van der Waals surface area contributed by atoms with E-state index in [1.807, 2.05) is 6.92 Å². The van der Waals surface area contributed by atoms with Gasteiger partial charge in [-0.3, -0.25) is 0 Å². The maximum Gasteiger partial charge on any atom is 0.358 e. The average molecular weight is 347 g/mol. The number of esters is 1. The van der Waals surface area contributed by atoms with Crippen molar-refractivity contribution in [2.24, 2.45) is 0 Å². The summed E-state index contributed by atoms with van der Waals surface area (Å²) in [4.78, 5) is 12.0. The molecule has 3 aromatic rings. The number of hydrogen-bond donors (Lipinski definition) is 0. The predicted octanol–water partition coefficient (Wildman–Crippen LogP) is 3.11. The average Bonchev–Trinajstić information content (AvgIpc) is 2.88. The first kappa shape index (κ1) is 16.2. The van der Waals surface area contributed by atoms with E-state index in [0.29, 0.717) is 3.97 Å². The summed E-state index contributed by atoms with van der Waals surface area (Å²) in [5, 5.41) is 0.0357. The number of hydrogen-bond acceptors (Lipinski definition) is 4. The molecule has 1 heterocycles. The zero-order valence-electron chi connectivity index (χ0n) is 13.0. The number of benzene rings is 2. The van der Waals surface area contributed by atoms with E-state index in [1.54, 1.807) is 24.3 Å². The number of carbonyl (C=O) groups is 1. The van der Waals surface area contributed by atoms with E-state index in [2.05, 4.69) is 4.74 Å². The third-order valence-electron chi connectivity index (χ3n) is 3.71. The molecular formula is C17H14FNO4S. The maximum absolute atomic E-state index is 14.7. The summed E-state index contributed by atoms with van der Waals surface area (Å²) in [7, 11) is -3.10. The largest absolute Gasteiger partial charge is 0.464 e. The van der Waals surface area contributed by atoms with Gasteiger partial charge in [-0.15, -0.1) is 0 Å². The molecule has 0 fully saturated rings. The molecule has 2 aromatic carbocycles. The van der Waals surface area contributed by atoms with Crippen LogP contribution in [-0.4, -0.2) is 25.5 Å². The molecule has 0 N–H and O–H groups in total. The molecule has 24 heavy (non-hydrogen) atoms. The number of aromatic nitrogens is 1. The van der Waals surface area contributed by atoms with Gasteiger partial charge in [0.05, 0.1) is 17.5 Å². The Balaban J connectivity index is 2.40. The van der Waals surface area contributed by atoms with E-state index >= 15 is 0 Å². The summed E-state index contributed by atoms with van der Waals surface area (Å²) >= 11 is 0. The van der Waals surface area contributed by atoms with Crippen LogP contribution in [0, 0.1) is 12.7 Å². The van der Waals surface area contributed by atoms with Crippen molar-refractivity contribution in [2.75, 3.05) is 7.11 Å². The highest BCUT2D eigenvalue weighted by Gasteiger charge is 2.31. The summed E-state index contributed by atoms with van der Waals surface area (Å²) in [6, 6.07) is 12.1. The number of halogens is 1. The van der Waals surface area contributed by atoms with Gasteiger partial charge in [0, 0.05) is 5.39 Å². The topological polar surface area (TPSA) is 65.4 Å². The lowest BCUT2D eigenvalue weighted by Crippen LogP contribution is -2.20. The first-order valence-electron chi connectivity index (χ1n) is 7.07. The molecule has 0 radical (unpaired) electrons. The molecule has 0 atom stereocenters. The number of ether oxygens (including phenoxy) is 1. The monoisotopic (exact) mass is 347 g/mol. The molecule has 0 saturated heterocycles. The molecule has 0 aliphatic rings. The molecule has 0 bridgehead atoms. The Hall–Kier alpha value is -2.67. The molecule has 124 valence electrons. The first-order chi connectivity index (χ1) is 11.4. The maximum atomic E-state index is 14.7. The Labute approximate surface area is 138 Å². The van der Waals surface area contributed by atoms with Crippen LogP contribution in [0.4, 0.5) is 4.39 Å². The number of rotatable bonds is 3. The number of para-hydroxylation sites is 1. The molecule has 7 heteroatoms. The highest BCUT2D eigenvalue weighted by Crippen LogP contribution is 2.29. The molecule has 0 aliphatic carbocycles. The zero-order chi connectivity index (χ0) is 17.5. The second-order valence-electron chi connectivity index (χ2n) is 5.25. The van der Waals surface area contributed by atoms with E-state index < -0.39 is 27.5 Å². The van der Waals surface area contributed by atoms with Crippen molar-refractivity contribution in [3.05, 3.63) is 65.6 Å². The second-order valence-corrected chi connectivity index (χ2v) is 7.04. The van der Waals surface area contributed by atoms with Gasteiger partial charge in [-0.1, -0.05) is 29.8 Å². The lowest BCUT2D eigenvalue weighted by molar-refractivity contribution is 0.0588. The second kappa shape index (κ2) is 5.76. The Morgan fingerprint density at radius 1 is 1.08 bits per heavy atom. The predicted molar refractivity (Wildman–Crippen MR) is 87.0 cm³/mol. The number of methoxy groups -OCH3 is 1. The third-order valence-corrected chi connectivity index (χ3v) is 5.44. The van der Waals surface area contributed by atoms with Gasteiger partial charge in [0.1, 0.15) is 0 Å². The standard InChI is InChI=1S/C17H14FNO4S/c1-11-7-9-12(10-8-11)24(21,22)19-14-6-4-3-5-13(14)15(18)16(19)17(20)23-2/h3-10H,1-2H3. The van der Waals surface area contributed by atoms with Crippen LogP contribution in [0.15, 0.2) is 53.4 Å². The van der Waals surface area contributed by atoms with Gasteiger partial charge >= 0.3 is 5.97 Å². The number of carbonyl (C=O) groups excluding carboxylic acids is 1. The van der Waals surface area contributed by atoms with E-state index in [1.165, 1.54) is 24.3 Å². The van der Waals surface area contributed by atoms with Crippen LogP contribution in [0.3, 0.4) is 0 Å².